The quantitative estimate of drug-likeness (QED) is 0.334. The van der Waals surface area contributed by atoms with Gasteiger partial charge in [0.1, 0.15) is 0 Å². The van der Waals surface area contributed by atoms with Gasteiger partial charge in [0.2, 0.25) is 0 Å². The molecular formula is C23H20Cl2N4OS. The Morgan fingerprint density at radius 3 is 2.58 bits per heavy atom. The highest BCUT2D eigenvalue weighted by Gasteiger charge is 2.18. The Morgan fingerprint density at radius 1 is 1.13 bits per heavy atom. The van der Waals surface area contributed by atoms with Crippen LogP contribution in [0.4, 0.5) is 5.69 Å². The van der Waals surface area contributed by atoms with Crippen LogP contribution in [0.5, 0.6) is 0 Å². The van der Waals surface area contributed by atoms with Crippen molar-refractivity contribution in [3.05, 3.63) is 81.7 Å². The number of fused-ring (bicyclic) bond motifs is 1. The first kappa shape index (κ1) is 21.7. The van der Waals surface area contributed by atoms with E-state index in [1.807, 2.05) is 36.8 Å². The first-order valence-corrected chi connectivity index (χ1v) is 11.7. The number of anilines is 1. The molecule has 0 unspecified atom stereocenters. The lowest BCUT2D eigenvalue weighted by Crippen LogP contribution is -2.14. The van der Waals surface area contributed by atoms with Gasteiger partial charge >= 0.3 is 0 Å². The molecule has 0 fully saturated rings. The van der Waals surface area contributed by atoms with Gasteiger partial charge in [0.25, 0.3) is 5.91 Å². The van der Waals surface area contributed by atoms with Crippen LogP contribution in [-0.2, 0) is 13.0 Å². The molecule has 4 aromatic rings. The number of aromatic nitrogens is 3. The molecule has 0 aliphatic heterocycles. The zero-order chi connectivity index (χ0) is 22.0. The van der Waals surface area contributed by atoms with E-state index >= 15 is 0 Å². The van der Waals surface area contributed by atoms with Gasteiger partial charge in [-0.2, -0.15) is 0 Å². The maximum absolute atomic E-state index is 12.9. The second kappa shape index (κ2) is 9.30. The van der Waals surface area contributed by atoms with Crippen LogP contribution in [-0.4, -0.2) is 26.7 Å². The van der Waals surface area contributed by atoms with Crippen molar-refractivity contribution in [1.29, 1.82) is 0 Å². The normalized spacial score (nSPS) is 11.1. The van der Waals surface area contributed by atoms with Gasteiger partial charge in [0.15, 0.2) is 5.16 Å². The number of para-hydroxylation sites is 1. The molecular weight excluding hydrogens is 451 g/mol. The molecule has 0 saturated heterocycles. The molecule has 1 amide bonds. The lowest BCUT2D eigenvalue weighted by Gasteiger charge is -2.16. The van der Waals surface area contributed by atoms with Crippen LogP contribution in [0.1, 0.15) is 28.4 Å². The van der Waals surface area contributed by atoms with E-state index in [1.165, 1.54) is 0 Å². The van der Waals surface area contributed by atoms with E-state index in [1.54, 1.807) is 36.2 Å². The summed E-state index contributed by atoms with van der Waals surface area (Å²) < 4.78 is 2.12. The van der Waals surface area contributed by atoms with Crippen LogP contribution in [0.2, 0.25) is 10.0 Å². The fourth-order valence-electron chi connectivity index (χ4n) is 3.59. The van der Waals surface area contributed by atoms with Crippen molar-refractivity contribution in [2.45, 2.75) is 25.0 Å². The molecule has 0 bridgehead atoms. The number of aryl methyl sites for hydroxylation is 1. The smallest absolute Gasteiger partial charge is 0.258 e. The number of hydrogen-bond donors (Lipinski definition) is 1. The molecule has 158 valence electrons. The Morgan fingerprint density at radius 2 is 1.87 bits per heavy atom. The van der Waals surface area contributed by atoms with E-state index in [0.717, 1.165) is 33.6 Å². The minimum absolute atomic E-state index is 0.247. The Labute approximate surface area is 194 Å². The summed E-state index contributed by atoms with van der Waals surface area (Å²) in [5.41, 5.74) is 3.89. The molecule has 0 atom stereocenters. The number of nitrogens with one attached hydrogen (secondary N) is 1. The average molecular weight is 471 g/mol. The number of carbonyl (C=O) groups excluding carboxylic acids is 1. The molecule has 8 heteroatoms. The first-order valence-electron chi connectivity index (χ1n) is 9.73. The van der Waals surface area contributed by atoms with Gasteiger partial charge in [-0.1, -0.05) is 60.1 Å². The molecule has 4 rings (SSSR count). The van der Waals surface area contributed by atoms with E-state index in [4.69, 9.17) is 23.2 Å². The topological polar surface area (TPSA) is 59.8 Å². The summed E-state index contributed by atoms with van der Waals surface area (Å²) in [6, 6.07) is 10.8. The van der Waals surface area contributed by atoms with Crippen molar-refractivity contribution >= 4 is 57.5 Å². The number of halogens is 2. The van der Waals surface area contributed by atoms with Gasteiger partial charge in [0, 0.05) is 24.0 Å². The zero-order valence-electron chi connectivity index (χ0n) is 17.0. The summed E-state index contributed by atoms with van der Waals surface area (Å²) in [6.45, 7) is 2.78. The van der Waals surface area contributed by atoms with Gasteiger partial charge in [-0.05, 0) is 42.0 Å². The first-order chi connectivity index (χ1) is 15.0. The number of thioether (sulfide) groups is 1. The lowest BCUT2D eigenvalue weighted by atomic mass is 10.0. The molecule has 5 nitrogen and oxygen atoms in total. The number of imidazole rings is 1. The Balaban J connectivity index is 1.77. The zero-order valence-corrected chi connectivity index (χ0v) is 19.4. The fourth-order valence-corrected chi connectivity index (χ4v) is 4.68. The third-order valence-corrected chi connectivity index (χ3v) is 6.44. The van der Waals surface area contributed by atoms with Crippen LogP contribution in [0.15, 0.2) is 60.1 Å². The fraction of sp³-hybridized carbons (Fsp3) is 0.174. The number of nitrogens with zero attached hydrogens (tertiary/aromatic N) is 3. The number of hydrogen-bond acceptors (Lipinski definition) is 4. The predicted octanol–water partition coefficient (Wildman–Crippen LogP) is 6.32. The lowest BCUT2D eigenvalue weighted by molar-refractivity contribution is 0.102. The van der Waals surface area contributed by atoms with Gasteiger partial charge in [-0.3, -0.25) is 9.78 Å². The molecule has 2 heterocycles. The van der Waals surface area contributed by atoms with Crippen molar-refractivity contribution in [2.75, 3.05) is 11.6 Å². The van der Waals surface area contributed by atoms with Crippen molar-refractivity contribution in [2.24, 2.45) is 0 Å². The Kier molecular flexibility index (Phi) is 6.51. The highest BCUT2D eigenvalue weighted by atomic mass is 35.5. The maximum Gasteiger partial charge on any atom is 0.258 e. The largest absolute Gasteiger partial charge is 0.322 e. The summed E-state index contributed by atoms with van der Waals surface area (Å²) in [4.78, 5) is 22.0. The Hall–Kier alpha value is -2.54. The number of rotatable bonds is 6. The van der Waals surface area contributed by atoms with Crippen LogP contribution in [0.25, 0.3) is 10.9 Å². The molecule has 0 saturated carbocycles. The van der Waals surface area contributed by atoms with Gasteiger partial charge in [-0.15, -0.1) is 0 Å². The molecule has 2 aromatic heterocycles. The van der Waals surface area contributed by atoms with Crippen molar-refractivity contribution in [1.82, 2.24) is 14.5 Å². The highest BCUT2D eigenvalue weighted by molar-refractivity contribution is 7.98. The SMILES string of the molecule is CCc1cnc2c(NC(=O)c3c(Cl)cccc3Cl)cccc2c1Cn1ccnc1SC. The third kappa shape index (κ3) is 4.28. The number of pyridine rings is 1. The Bertz CT molecular complexity index is 1250. The number of benzene rings is 2. The third-order valence-electron chi connectivity index (χ3n) is 5.11. The van der Waals surface area contributed by atoms with Gasteiger partial charge < -0.3 is 9.88 Å². The molecule has 0 aliphatic carbocycles. The highest BCUT2D eigenvalue weighted by Crippen LogP contribution is 2.30. The maximum atomic E-state index is 12.9. The summed E-state index contributed by atoms with van der Waals surface area (Å²) in [5.74, 6) is -0.370. The second-order valence-electron chi connectivity index (χ2n) is 6.91. The van der Waals surface area contributed by atoms with E-state index in [-0.39, 0.29) is 11.5 Å². The summed E-state index contributed by atoms with van der Waals surface area (Å²) in [6.07, 6.45) is 8.53. The van der Waals surface area contributed by atoms with Gasteiger partial charge in [0.05, 0.1) is 33.4 Å². The van der Waals surface area contributed by atoms with Crippen molar-refractivity contribution < 1.29 is 4.79 Å². The van der Waals surface area contributed by atoms with Crippen LogP contribution >= 0.6 is 35.0 Å². The minimum atomic E-state index is -0.370. The van der Waals surface area contributed by atoms with E-state index < -0.39 is 0 Å². The van der Waals surface area contributed by atoms with Crippen LogP contribution in [0, 0.1) is 0 Å². The van der Waals surface area contributed by atoms with Gasteiger partial charge in [-0.25, -0.2) is 4.98 Å². The van der Waals surface area contributed by atoms with E-state index in [0.29, 0.717) is 22.3 Å². The number of amides is 1. The summed E-state index contributed by atoms with van der Waals surface area (Å²) >= 11 is 14.0. The molecule has 0 aliphatic rings. The van der Waals surface area contributed by atoms with Crippen LogP contribution in [0.3, 0.4) is 0 Å². The van der Waals surface area contributed by atoms with Crippen LogP contribution < -0.4 is 5.32 Å². The molecule has 0 radical (unpaired) electrons. The molecule has 0 spiro atoms. The van der Waals surface area contributed by atoms with Crippen molar-refractivity contribution in [3.8, 4) is 0 Å². The molecule has 2 aromatic carbocycles. The van der Waals surface area contributed by atoms with E-state index in [9.17, 15) is 4.79 Å². The second-order valence-corrected chi connectivity index (χ2v) is 8.50. The van der Waals surface area contributed by atoms with Crippen molar-refractivity contribution in [3.63, 3.8) is 0 Å². The number of carbonyl (C=O) groups is 1. The standard InChI is InChI=1S/C23H20Cl2N4OS/c1-3-14-12-27-21-15(16(14)13-29-11-10-26-23(29)31-2)6-4-9-19(21)28-22(30)20-17(24)7-5-8-18(20)25/h4-12H,3,13H2,1-2H3,(H,28,30). The van der Waals surface area contributed by atoms with E-state index in [2.05, 4.69) is 26.8 Å². The average Bonchev–Trinajstić information content (AvgIpc) is 3.21. The molecule has 31 heavy (non-hydrogen) atoms. The monoisotopic (exact) mass is 470 g/mol. The summed E-state index contributed by atoms with van der Waals surface area (Å²) in [5, 5.41) is 5.48. The summed E-state index contributed by atoms with van der Waals surface area (Å²) in [7, 11) is 0. The predicted molar refractivity (Wildman–Crippen MR) is 129 cm³/mol. The molecule has 1 N–H and O–H groups in total. The minimum Gasteiger partial charge on any atom is -0.322 e.